The first-order valence-electron chi connectivity index (χ1n) is 6.74. The van der Waals surface area contributed by atoms with Crippen molar-refractivity contribution in [3.05, 3.63) is 23.8 Å². The zero-order chi connectivity index (χ0) is 15.4. The number of hydrogen-bond donors (Lipinski definition) is 3. The number of amides is 2. The first kappa shape index (κ1) is 15.1. The smallest absolute Gasteiger partial charge is 0.337 e. The third-order valence-electron chi connectivity index (χ3n) is 3.44. The van der Waals surface area contributed by atoms with Crippen LogP contribution in [0.5, 0.6) is 5.75 Å². The van der Waals surface area contributed by atoms with Crippen LogP contribution in [-0.4, -0.2) is 48.2 Å². The van der Waals surface area contributed by atoms with E-state index in [0.717, 1.165) is 12.8 Å². The molecule has 1 saturated heterocycles. The number of methoxy groups -OCH3 is 1. The molecule has 0 aliphatic carbocycles. The van der Waals surface area contributed by atoms with E-state index in [9.17, 15) is 9.59 Å². The lowest BCUT2D eigenvalue weighted by Crippen LogP contribution is -2.47. The highest BCUT2D eigenvalue weighted by Gasteiger charge is 2.22. The number of urea groups is 1. The van der Waals surface area contributed by atoms with Gasteiger partial charge in [-0.1, -0.05) is 0 Å². The van der Waals surface area contributed by atoms with Crippen LogP contribution >= 0.6 is 0 Å². The normalized spacial score (nSPS) is 18.2. The number of benzene rings is 1. The lowest BCUT2D eigenvalue weighted by atomic mass is 10.1. The number of rotatable bonds is 3. The van der Waals surface area contributed by atoms with Crippen molar-refractivity contribution in [3.63, 3.8) is 0 Å². The maximum atomic E-state index is 12.2. The second kappa shape index (κ2) is 6.45. The van der Waals surface area contributed by atoms with Gasteiger partial charge in [-0.05, 0) is 25.0 Å². The molecule has 2 rings (SSSR count). The molecule has 0 aromatic heterocycles. The Labute approximate surface area is 122 Å². The molecule has 0 spiro atoms. The molecule has 7 nitrogen and oxygen atoms in total. The number of carboxylic acids is 1. The number of carboxylic acid groups (broad SMARTS) is 1. The summed E-state index contributed by atoms with van der Waals surface area (Å²) < 4.78 is 5.06. The van der Waals surface area contributed by atoms with Gasteiger partial charge in [0.15, 0.2) is 0 Å². The summed E-state index contributed by atoms with van der Waals surface area (Å²) in [6, 6.07) is 4.05. The van der Waals surface area contributed by atoms with Crippen LogP contribution in [0, 0.1) is 0 Å². The Bertz CT molecular complexity index is 547. The second-order valence-electron chi connectivity index (χ2n) is 5.00. The van der Waals surface area contributed by atoms with Crippen LogP contribution in [-0.2, 0) is 0 Å². The molecule has 0 radical (unpaired) electrons. The zero-order valence-electron chi connectivity index (χ0n) is 11.8. The van der Waals surface area contributed by atoms with Crippen molar-refractivity contribution in [1.82, 2.24) is 4.90 Å². The second-order valence-corrected chi connectivity index (χ2v) is 5.00. The van der Waals surface area contributed by atoms with Crippen LogP contribution in [0.25, 0.3) is 0 Å². The van der Waals surface area contributed by atoms with Gasteiger partial charge in [0, 0.05) is 25.2 Å². The summed E-state index contributed by atoms with van der Waals surface area (Å²) in [6.45, 7) is 1.09. The monoisotopic (exact) mass is 293 g/mol. The minimum atomic E-state index is -1.11. The fraction of sp³-hybridized carbons (Fsp3) is 0.429. The van der Waals surface area contributed by atoms with Gasteiger partial charge in [-0.3, -0.25) is 0 Å². The van der Waals surface area contributed by atoms with Crippen molar-refractivity contribution < 1.29 is 19.4 Å². The van der Waals surface area contributed by atoms with E-state index in [4.69, 9.17) is 15.6 Å². The van der Waals surface area contributed by atoms with Crippen molar-refractivity contribution in [3.8, 4) is 5.75 Å². The molecule has 1 aliphatic heterocycles. The number of hydrogen-bond acceptors (Lipinski definition) is 4. The number of piperidine rings is 1. The van der Waals surface area contributed by atoms with Crippen LogP contribution in [0.1, 0.15) is 23.2 Å². The Morgan fingerprint density at radius 1 is 1.48 bits per heavy atom. The van der Waals surface area contributed by atoms with Gasteiger partial charge in [-0.15, -0.1) is 0 Å². The molecular weight excluding hydrogens is 274 g/mol. The van der Waals surface area contributed by atoms with Gasteiger partial charge >= 0.3 is 12.0 Å². The van der Waals surface area contributed by atoms with Gasteiger partial charge in [-0.25, -0.2) is 9.59 Å². The Balaban J connectivity index is 2.17. The van der Waals surface area contributed by atoms with Crippen molar-refractivity contribution in [1.29, 1.82) is 0 Å². The number of ether oxygens (including phenoxy) is 1. The number of anilines is 1. The van der Waals surface area contributed by atoms with E-state index in [1.54, 1.807) is 4.90 Å². The summed E-state index contributed by atoms with van der Waals surface area (Å²) in [5.74, 6) is -0.631. The number of nitrogens with zero attached hydrogens (tertiary/aromatic N) is 1. The summed E-state index contributed by atoms with van der Waals surface area (Å²) in [5, 5.41) is 11.8. The first-order valence-corrected chi connectivity index (χ1v) is 6.74. The van der Waals surface area contributed by atoms with E-state index in [-0.39, 0.29) is 23.3 Å². The topological polar surface area (TPSA) is 105 Å². The summed E-state index contributed by atoms with van der Waals surface area (Å²) in [6.07, 6.45) is 1.74. The molecule has 1 heterocycles. The molecule has 1 aliphatic rings. The Morgan fingerprint density at radius 3 is 2.86 bits per heavy atom. The molecule has 21 heavy (non-hydrogen) atoms. The predicted octanol–water partition coefficient (Wildman–Crippen LogP) is 1.35. The highest BCUT2D eigenvalue weighted by molar-refractivity contribution is 6.00. The van der Waals surface area contributed by atoms with E-state index in [1.807, 2.05) is 0 Å². The molecule has 0 bridgehead atoms. The summed E-state index contributed by atoms with van der Waals surface area (Å²) in [7, 11) is 1.48. The van der Waals surface area contributed by atoms with Crippen LogP contribution < -0.4 is 15.8 Å². The van der Waals surface area contributed by atoms with Gasteiger partial charge < -0.3 is 25.8 Å². The van der Waals surface area contributed by atoms with Crippen LogP contribution in [0.15, 0.2) is 18.2 Å². The number of aromatic carboxylic acids is 1. The Hall–Kier alpha value is -2.28. The van der Waals surface area contributed by atoms with Gasteiger partial charge in [0.2, 0.25) is 0 Å². The number of carbonyl (C=O) groups excluding carboxylic acids is 1. The van der Waals surface area contributed by atoms with Gasteiger partial charge in [0.25, 0.3) is 0 Å². The van der Waals surface area contributed by atoms with E-state index in [0.29, 0.717) is 18.8 Å². The average Bonchev–Trinajstić information content (AvgIpc) is 2.46. The van der Waals surface area contributed by atoms with Crippen molar-refractivity contribution >= 4 is 17.7 Å². The maximum absolute atomic E-state index is 12.2. The number of likely N-dealkylation sites (tertiary alicyclic amines) is 1. The average molecular weight is 293 g/mol. The molecule has 1 aromatic rings. The third-order valence-corrected chi connectivity index (χ3v) is 3.44. The molecule has 2 amide bonds. The fourth-order valence-electron chi connectivity index (χ4n) is 2.33. The van der Waals surface area contributed by atoms with Gasteiger partial charge in [0.1, 0.15) is 5.75 Å². The third kappa shape index (κ3) is 3.63. The highest BCUT2D eigenvalue weighted by atomic mass is 16.5. The van der Waals surface area contributed by atoms with E-state index < -0.39 is 5.97 Å². The zero-order valence-corrected chi connectivity index (χ0v) is 11.8. The van der Waals surface area contributed by atoms with E-state index in [1.165, 1.54) is 25.3 Å². The maximum Gasteiger partial charge on any atom is 0.337 e. The number of nitrogens with two attached hydrogens (primary N) is 1. The first-order chi connectivity index (χ1) is 10.0. The van der Waals surface area contributed by atoms with Crippen molar-refractivity contribution in [2.75, 3.05) is 25.5 Å². The van der Waals surface area contributed by atoms with Crippen molar-refractivity contribution in [2.24, 2.45) is 5.73 Å². The van der Waals surface area contributed by atoms with Gasteiger partial charge in [-0.2, -0.15) is 0 Å². The molecule has 7 heteroatoms. The predicted molar refractivity (Wildman–Crippen MR) is 77.8 cm³/mol. The van der Waals surface area contributed by atoms with Crippen LogP contribution in [0.2, 0.25) is 0 Å². The minimum absolute atomic E-state index is 0.0189. The lowest BCUT2D eigenvalue weighted by Gasteiger charge is -2.30. The van der Waals surface area contributed by atoms with E-state index in [2.05, 4.69) is 5.32 Å². The summed E-state index contributed by atoms with van der Waals surface area (Å²) in [4.78, 5) is 25.0. The summed E-state index contributed by atoms with van der Waals surface area (Å²) in [5.41, 5.74) is 6.08. The molecule has 1 unspecified atom stereocenters. The largest absolute Gasteiger partial charge is 0.497 e. The van der Waals surface area contributed by atoms with E-state index >= 15 is 0 Å². The lowest BCUT2D eigenvalue weighted by molar-refractivity contribution is 0.0698. The Morgan fingerprint density at radius 2 is 2.24 bits per heavy atom. The molecule has 1 atom stereocenters. The summed E-state index contributed by atoms with van der Waals surface area (Å²) >= 11 is 0. The molecular formula is C14H19N3O4. The molecule has 1 fully saturated rings. The molecule has 4 N–H and O–H groups in total. The quantitative estimate of drug-likeness (QED) is 0.780. The number of nitrogens with one attached hydrogen (secondary N) is 1. The van der Waals surface area contributed by atoms with Crippen molar-refractivity contribution in [2.45, 2.75) is 18.9 Å². The fourth-order valence-corrected chi connectivity index (χ4v) is 2.33. The highest BCUT2D eigenvalue weighted by Crippen LogP contribution is 2.23. The molecule has 114 valence electrons. The standard InChI is InChI=1S/C14H19N3O4/c1-21-10-4-5-11(13(18)19)12(7-10)16-14(20)17-6-2-3-9(15)8-17/h4-5,7,9H,2-3,6,8,15H2,1H3,(H,16,20)(H,18,19). The SMILES string of the molecule is COc1ccc(C(=O)O)c(NC(=O)N2CCCC(N)C2)c1. The van der Waals surface area contributed by atoms with Crippen LogP contribution in [0.3, 0.4) is 0 Å². The minimum Gasteiger partial charge on any atom is -0.497 e. The van der Waals surface area contributed by atoms with Gasteiger partial charge in [0.05, 0.1) is 18.4 Å². The Kier molecular flexibility index (Phi) is 4.64. The number of carbonyl (C=O) groups is 2. The van der Waals surface area contributed by atoms with Crippen LogP contribution in [0.4, 0.5) is 10.5 Å². The molecule has 1 aromatic carbocycles. The molecule has 0 saturated carbocycles.